The number of aryl methyl sites for hydroxylation is 1. The molecule has 0 bridgehead atoms. The van der Waals surface area contributed by atoms with E-state index in [0.29, 0.717) is 12.0 Å². The molecule has 1 aromatic rings. The van der Waals surface area contributed by atoms with Gasteiger partial charge in [0, 0.05) is 6.61 Å². The Balaban J connectivity index is 2.91. The maximum absolute atomic E-state index is 13.4. The zero-order valence-corrected chi connectivity index (χ0v) is 8.97. The van der Waals surface area contributed by atoms with Gasteiger partial charge in [-0.05, 0) is 30.4 Å². The summed E-state index contributed by atoms with van der Waals surface area (Å²) in [4.78, 5) is 0. The third-order valence-corrected chi connectivity index (χ3v) is 2.30. The zero-order valence-electron chi connectivity index (χ0n) is 8.97. The molecule has 2 heteroatoms. The van der Waals surface area contributed by atoms with Crippen LogP contribution in [0.5, 0.6) is 0 Å². The summed E-state index contributed by atoms with van der Waals surface area (Å²) in [6, 6.07) is 5.08. The molecule has 0 saturated carbocycles. The highest BCUT2D eigenvalue weighted by Crippen LogP contribution is 2.23. The van der Waals surface area contributed by atoms with Gasteiger partial charge in [-0.1, -0.05) is 31.5 Å². The highest BCUT2D eigenvalue weighted by atomic mass is 19.1. The van der Waals surface area contributed by atoms with Crippen molar-refractivity contribution in [2.24, 2.45) is 5.41 Å². The molecule has 0 atom stereocenters. The number of hydrogen-bond acceptors (Lipinski definition) is 1. The van der Waals surface area contributed by atoms with Crippen LogP contribution in [0.15, 0.2) is 18.2 Å². The third-order valence-electron chi connectivity index (χ3n) is 2.30. The van der Waals surface area contributed by atoms with Crippen LogP contribution in [0.3, 0.4) is 0 Å². The van der Waals surface area contributed by atoms with Crippen molar-refractivity contribution in [3.05, 3.63) is 35.1 Å². The van der Waals surface area contributed by atoms with Crippen LogP contribution in [0.2, 0.25) is 0 Å². The van der Waals surface area contributed by atoms with Crippen molar-refractivity contribution < 1.29 is 9.50 Å². The molecule has 14 heavy (non-hydrogen) atoms. The molecule has 1 rings (SSSR count). The molecule has 1 N–H and O–H groups in total. The molecule has 0 aliphatic heterocycles. The van der Waals surface area contributed by atoms with Crippen LogP contribution in [0.1, 0.15) is 25.0 Å². The van der Waals surface area contributed by atoms with Crippen LogP contribution in [-0.4, -0.2) is 11.7 Å². The lowest BCUT2D eigenvalue weighted by Crippen LogP contribution is -2.20. The topological polar surface area (TPSA) is 20.2 Å². The molecule has 1 aromatic carbocycles. The normalized spacial score (nSPS) is 11.8. The Hall–Kier alpha value is -0.890. The second kappa shape index (κ2) is 4.09. The Morgan fingerprint density at radius 3 is 2.57 bits per heavy atom. The zero-order chi connectivity index (χ0) is 10.8. The highest BCUT2D eigenvalue weighted by molar-refractivity contribution is 5.24. The molecule has 0 aliphatic carbocycles. The number of aliphatic hydroxyl groups excluding tert-OH is 1. The molecule has 78 valence electrons. The van der Waals surface area contributed by atoms with Crippen LogP contribution in [-0.2, 0) is 6.42 Å². The van der Waals surface area contributed by atoms with Gasteiger partial charge in [-0.15, -0.1) is 0 Å². The Bertz CT molecular complexity index is 318. The fourth-order valence-electron chi connectivity index (χ4n) is 1.41. The predicted molar refractivity (Wildman–Crippen MR) is 55.7 cm³/mol. The van der Waals surface area contributed by atoms with Gasteiger partial charge in [0.25, 0.3) is 0 Å². The molecule has 0 saturated heterocycles. The van der Waals surface area contributed by atoms with Crippen LogP contribution in [0, 0.1) is 18.2 Å². The molecule has 0 aliphatic rings. The van der Waals surface area contributed by atoms with Crippen LogP contribution >= 0.6 is 0 Å². The monoisotopic (exact) mass is 196 g/mol. The predicted octanol–water partition coefficient (Wildman–Crippen LogP) is 2.70. The first-order valence-corrected chi connectivity index (χ1v) is 4.80. The summed E-state index contributed by atoms with van der Waals surface area (Å²) in [6.45, 7) is 5.86. The van der Waals surface area contributed by atoms with Gasteiger partial charge in [0.05, 0.1) is 0 Å². The summed E-state index contributed by atoms with van der Waals surface area (Å²) in [6.07, 6.45) is 0.566. The molecule has 0 radical (unpaired) electrons. The Labute approximate surface area is 84.6 Å². The lowest BCUT2D eigenvalue weighted by Gasteiger charge is -2.21. The third kappa shape index (κ3) is 2.81. The lowest BCUT2D eigenvalue weighted by atomic mass is 9.86. The summed E-state index contributed by atoms with van der Waals surface area (Å²) in [5, 5.41) is 9.09. The van der Waals surface area contributed by atoms with Gasteiger partial charge in [-0.2, -0.15) is 0 Å². The SMILES string of the molecule is Cc1ccc(F)c(CC(C)(C)CO)c1. The minimum absolute atomic E-state index is 0.0698. The fourth-order valence-corrected chi connectivity index (χ4v) is 1.41. The maximum Gasteiger partial charge on any atom is 0.126 e. The van der Waals surface area contributed by atoms with E-state index < -0.39 is 0 Å². The van der Waals surface area contributed by atoms with E-state index in [0.717, 1.165) is 5.56 Å². The molecule has 0 fully saturated rings. The van der Waals surface area contributed by atoms with Crippen LogP contribution < -0.4 is 0 Å². The number of halogens is 1. The fraction of sp³-hybridized carbons (Fsp3) is 0.500. The van der Waals surface area contributed by atoms with Crippen molar-refractivity contribution in [1.82, 2.24) is 0 Å². The van der Waals surface area contributed by atoms with E-state index in [1.165, 1.54) is 6.07 Å². The molecule has 1 nitrogen and oxygen atoms in total. The average Bonchev–Trinajstić information content (AvgIpc) is 2.11. The van der Waals surface area contributed by atoms with Gasteiger partial charge in [-0.3, -0.25) is 0 Å². The molecule has 0 heterocycles. The van der Waals surface area contributed by atoms with E-state index in [2.05, 4.69) is 0 Å². The quantitative estimate of drug-likeness (QED) is 0.788. The lowest BCUT2D eigenvalue weighted by molar-refractivity contribution is 0.158. The van der Waals surface area contributed by atoms with Crippen molar-refractivity contribution in [2.75, 3.05) is 6.61 Å². The van der Waals surface area contributed by atoms with Crippen molar-refractivity contribution in [1.29, 1.82) is 0 Å². The van der Waals surface area contributed by atoms with E-state index in [4.69, 9.17) is 5.11 Å². The molecule has 0 amide bonds. The Morgan fingerprint density at radius 2 is 2.00 bits per heavy atom. The first-order chi connectivity index (χ1) is 6.44. The van der Waals surface area contributed by atoms with Crippen molar-refractivity contribution in [3.63, 3.8) is 0 Å². The molecular weight excluding hydrogens is 179 g/mol. The standard InChI is InChI=1S/C12H17FO/c1-9-4-5-11(13)10(6-9)7-12(2,3)8-14/h4-6,14H,7-8H2,1-3H3. The van der Waals surface area contributed by atoms with Gasteiger partial charge in [-0.25, -0.2) is 4.39 Å². The van der Waals surface area contributed by atoms with Gasteiger partial charge in [0.1, 0.15) is 5.82 Å². The second-order valence-corrected chi connectivity index (χ2v) is 4.59. The maximum atomic E-state index is 13.4. The van der Waals surface area contributed by atoms with Crippen molar-refractivity contribution in [3.8, 4) is 0 Å². The minimum Gasteiger partial charge on any atom is -0.396 e. The number of rotatable bonds is 3. The van der Waals surface area contributed by atoms with Crippen LogP contribution in [0.25, 0.3) is 0 Å². The Morgan fingerprint density at radius 1 is 1.36 bits per heavy atom. The summed E-state index contributed by atoms with van der Waals surface area (Å²) in [7, 11) is 0. The molecule has 0 unspecified atom stereocenters. The van der Waals surface area contributed by atoms with E-state index in [-0.39, 0.29) is 17.8 Å². The number of benzene rings is 1. The van der Waals surface area contributed by atoms with E-state index in [1.54, 1.807) is 6.07 Å². The minimum atomic E-state index is -0.255. The van der Waals surface area contributed by atoms with Gasteiger partial charge < -0.3 is 5.11 Å². The molecule has 0 aromatic heterocycles. The molecule has 0 spiro atoms. The second-order valence-electron chi connectivity index (χ2n) is 4.59. The highest BCUT2D eigenvalue weighted by Gasteiger charge is 2.19. The van der Waals surface area contributed by atoms with E-state index in [9.17, 15) is 4.39 Å². The van der Waals surface area contributed by atoms with Gasteiger partial charge in [0.2, 0.25) is 0 Å². The summed E-state index contributed by atoms with van der Waals surface area (Å²) >= 11 is 0. The van der Waals surface area contributed by atoms with Crippen LogP contribution in [0.4, 0.5) is 4.39 Å². The largest absolute Gasteiger partial charge is 0.396 e. The summed E-state index contributed by atoms with van der Waals surface area (Å²) in [5.41, 5.74) is 1.48. The van der Waals surface area contributed by atoms with Gasteiger partial charge >= 0.3 is 0 Å². The summed E-state index contributed by atoms with van der Waals surface area (Å²) < 4.78 is 13.4. The van der Waals surface area contributed by atoms with Gasteiger partial charge in [0.15, 0.2) is 0 Å². The Kier molecular flexibility index (Phi) is 3.27. The van der Waals surface area contributed by atoms with E-state index in [1.807, 2.05) is 26.8 Å². The number of aliphatic hydroxyl groups is 1. The van der Waals surface area contributed by atoms with Crippen molar-refractivity contribution in [2.45, 2.75) is 27.2 Å². The van der Waals surface area contributed by atoms with E-state index >= 15 is 0 Å². The molecular formula is C12H17FO. The first-order valence-electron chi connectivity index (χ1n) is 4.80. The smallest absolute Gasteiger partial charge is 0.126 e. The van der Waals surface area contributed by atoms with Crippen molar-refractivity contribution >= 4 is 0 Å². The first kappa shape index (κ1) is 11.2. The average molecular weight is 196 g/mol. The summed E-state index contributed by atoms with van der Waals surface area (Å²) in [5.74, 6) is -0.183. The number of hydrogen-bond donors (Lipinski definition) is 1.